The van der Waals surface area contributed by atoms with E-state index in [1.54, 1.807) is 7.11 Å². The van der Waals surface area contributed by atoms with Gasteiger partial charge in [-0.3, -0.25) is 0 Å². The maximum absolute atomic E-state index is 6.44. The zero-order chi connectivity index (χ0) is 20.2. The van der Waals surface area contributed by atoms with Gasteiger partial charge in [0.1, 0.15) is 29.7 Å². The topological polar surface area (TPSA) is 64.6 Å². The third-order valence-electron chi connectivity index (χ3n) is 5.55. The van der Waals surface area contributed by atoms with E-state index in [2.05, 4.69) is 0 Å². The molecule has 7 heteroatoms. The van der Waals surface area contributed by atoms with Crippen molar-refractivity contribution in [3.8, 4) is 5.75 Å². The van der Waals surface area contributed by atoms with E-state index in [1.807, 2.05) is 58.9 Å². The van der Waals surface area contributed by atoms with Gasteiger partial charge >= 0.3 is 0 Å². The van der Waals surface area contributed by atoms with Gasteiger partial charge in [0.05, 0.1) is 20.3 Å². The Balaban J connectivity index is 1.54. The summed E-state index contributed by atoms with van der Waals surface area (Å²) in [6, 6.07) is 7.81. The van der Waals surface area contributed by atoms with Gasteiger partial charge in [0.2, 0.25) is 0 Å². The molecule has 0 saturated carbocycles. The van der Waals surface area contributed by atoms with Crippen molar-refractivity contribution in [2.75, 3.05) is 13.7 Å². The van der Waals surface area contributed by atoms with E-state index in [0.717, 1.165) is 11.3 Å². The molecule has 0 unspecified atom stereocenters. The first-order valence-corrected chi connectivity index (χ1v) is 9.72. The van der Waals surface area contributed by atoms with E-state index in [-0.39, 0.29) is 18.3 Å². The molecule has 28 heavy (non-hydrogen) atoms. The Bertz CT molecular complexity index is 701. The molecular formula is C21H30O7. The van der Waals surface area contributed by atoms with Crippen LogP contribution in [0.3, 0.4) is 0 Å². The van der Waals surface area contributed by atoms with Crippen molar-refractivity contribution in [3.63, 3.8) is 0 Å². The van der Waals surface area contributed by atoms with Crippen molar-refractivity contribution in [2.24, 2.45) is 0 Å². The van der Waals surface area contributed by atoms with E-state index in [1.165, 1.54) is 0 Å². The lowest BCUT2D eigenvalue weighted by atomic mass is 9.91. The molecule has 0 aromatic heterocycles. The molecule has 5 atom stereocenters. The first kappa shape index (κ1) is 20.1. The van der Waals surface area contributed by atoms with E-state index in [9.17, 15) is 0 Å². The lowest BCUT2D eigenvalue weighted by Crippen LogP contribution is -2.53. The molecule has 0 bridgehead atoms. The Labute approximate surface area is 166 Å². The molecule has 0 N–H and O–H groups in total. The molecule has 3 aliphatic heterocycles. The predicted molar refractivity (Wildman–Crippen MR) is 99.8 cm³/mol. The molecule has 0 amide bonds. The Hall–Kier alpha value is -1.22. The smallest absolute Gasteiger partial charge is 0.190 e. The highest BCUT2D eigenvalue weighted by atomic mass is 16.9. The predicted octanol–water partition coefficient (Wildman–Crippen LogP) is 3.00. The van der Waals surface area contributed by atoms with Crippen LogP contribution in [0.2, 0.25) is 0 Å². The number of fused-ring (bicyclic) bond motifs is 1. The quantitative estimate of drug-likeness (QED) is 0.761. The van der Waals surface area contributed by atoms with Crippen LogP contribution in [0.15, 0.2) is 24.3 Å². The van der Waals surface area contributed by atoms with Crippen LogP contribution < -0.4 is 4.74 Å². The van der Waals surface area contributed by atoms with Gasteiger partial charge in [0.15, 0.2) is 17.9 Å². The van der Waals surface area contributed by atoms with Crippen LogP contribution in [0.1, 0.15) is 40.2 Å². The number of rotatable bonds is 5. The van der Waals surface area contributed by atoms with Gasteiger partial charge in [0, 0.05) is 0 Å². The van der Waals surface area contributed by atoms with Crippen LogP contribution in [0.25, 0.3) is 0 Å². The lowest BCUT2D eigenvalue weighted by Gasteiger charge is -2.37. The van der Waals surface area contributed by atoms with Gasteiger partial charge in [-0.1, -0.05) is 12.1 Å². The normalized spacial score (nSPS) is 38.5. The Kier molecular flexibility index (Phi) is 4.97. The van der Waals surface area contributed by atoms with Gasteiger partial charge in [-0.05, 0) is 52.3 Å². The second-order valence-corrected chi connectivity index (χ2v) is 8.67. The Morgan fingerprint density at radius 3 is 2.25 bits per heavy atom. The molecule has 1 aromatic rings. The van der Waals surface area contributed by atoms with Crippen molar-refractivity contribution in [1.82, 2.24) is 0 Å². The van der Waals surface area contributed by atoms with Crippen LogP contribution in [-0.4, -0.2) is 55.5 Å². The van der Waals surface area contributed by atoms with E-state index < -0.39 is 23.5 Å². The second-order valence-electron chi connectivity index (χ2n) is 8.67. The minimum absolute atomic E-state index is 0.267. The minimum atomic E-state index is -0.757. The first-order chi connectivity index (χ1) is 13.1. The zero-order valence-corrected chi connectivity index (χ0v) is 17.4. The number of ether oxygens (including phenoxy) is 7. The third kappa shape index (κ3) is 3.67. The highest BCUT2D eigenvalue weighted by molar-refractivity contribution is 5.26. The van der Waals surface area contributed by atoms with E-state index in [4.69, 9.17) is 33.2 Å². The number of hydrogen-bond acceptors (Lipinski definition) is 7. The number of benzene rings is 1. The summed E-state index contributed by atoms with van der Waals surface area (Å²) in [4.78, 5) is 0. The average molecular weight is 394 g/mol. The summed E-state index contributed by atoms with van der Waals surface area (Å²) in [6.45, 7) is 10.4. The van der Waals surface area contributed by atoms with Gasteiger partial charge in [-0.15, -0.1) is 0 Å². The molecule has 1 aromatic carbocycles. The van der Waals surface area contributed by atoms with Crippen LogP contribution in [0, 0.1) is 0 Å². The lowest BCUT2D eigenvalue weighted by molar-refractivity contribution is -0.254. The van der Waals surface area contributed by atoms with E-state index >= 15 is 0 Å². The van der Waals surface area contributed by atoms with Crippen LogP contribution >= 0.6 is 0 Å². The zero-order valence-electron chi connectivity index (χ0n) is 17.4. The molecular weight excluding hydrogens is 364 g/mol. The van der Waals surface area contributed by atoms with Crippen molar-refractivity contribution in [1.29, 1.82) is 0 Å². The largest absolute Gasteiger partial charge is 0.497 e. The summed E-state index contributed by atoms with van der Waals surface area (Å²) >= 11 is 0. The Morgan fingerprint density at radius 2 is 1.64 bits per heavy atom. The molecule has 3 fully saturated rings. The highest BCUT2D eigenvalue weighted by Gasteiger charge is 2.65. The monoisotopic (exact) mass is 394 g/mol. The summed E-state index contributed by atoms with van der Waals surface area (Å²) in [6.07, 6.45) is -1.51. The molecule has 7 nitrogen and oxygen atoms in total. The number of hydrogen-bond donors (Lipinski definition) is 0. The van der Waals surface area contributed by atoms with Gasteiger partial charge in [-0.25, -0.2) is 0 Å². The maximum Gasteiger partial charge on any atom is 0.190 e. The summed E-state index contributed by atoms with van der Waals surface area (Å²) in [5, 5.41) is 0. The summed E-state index contributed by atoms with van der Waals surface area (Å²) in [5.41, 5.74) is 0.276. The summed E-state index contributed by atoms with van der Waals surface area (Å²) in [5.74, 6) is -0.564. The fourth-order valence-electron chi connectivity index (χ4n) is 4.10. The van der Waals surface area contributed by atoms with E-state index in [0.29, 0.717) is 13.2 Å². The van der Waals surface area contributed by atoms with Crippen LogP contribution in [0.5, 0.6) is 5.75 Å². The molecule has 156 valence electrons. The van der Waals surface area contributed by atoms with Crippen molar-refractivity contribution < 1.29 is 33.2 Å². The van der Waals surface area contributed by atoms with Crippen LogP contribution in [-0.2, 0) is 35.0 Å². The fraction of sp³-hybridized carbons (Fsp3) is 0.714. The highest BCUT2D eigenvalue weighted by Crippen LogP contribution is 2.47. The molecule has 3 heterocycles. The third-order valence-corrected chi connectivity index (χ3v) is 5.55. The van der Waals surface area contributed by atoms with Crippen molar-refractivity contribution >= 4 is 0 Å². The molecule has 0 radical (unpaired) electrons. The molecule has 4 rings (SSSR count). The average Bonchev–Trinajstić information content (AvgIpc) is 3.23. The first-order valence-electron chi connectivity index (χ1n) is 9.72. The minimum Gasteiger partial charge on any atom is -0.497 e. The van der Waals surface area contributed by atoms with Crippen molar-refractivity contribution in [2.45, 2.75) is 83.0 Å². The van der Waals surface area contributed by atoms with Gasteiger partial charge in [0.25, 0.3) is 0 Å². The van der Waals surface area contributed by atoms with Crippen LogP contribution in [0.4, 0.5) is 0 Å². The molecule has 3 saturated heterocycles. The van der Waals surface area contributed by atoms with Crippen molar-refractivity contribution in [3.05, 3.63) is 29.8 Å². The number of methoxy groups -OCH3 is 1. The maximum atomic E-state index is 6.44. The summed E-state index contributed by atoms with van der Waals surface area (Å²) in [7, 11) is 1.65. The molecule has 0 spiro atoms. The Morgan fingerprint density at radius 1 is 0.929 bits per heavy atom. The van der Waals surface area contributed by atoms with Gasteiger partial charge in [-0.2, -0.15) is 0 Å². The molecule has 3 aliphatic rings. The second kappa shape index (κ2) is 6.93. The molecule has 0 aliphatic carbocycles. The SMILES string of the molecule is COc1ccc(CO[C@]2(C)[C@@H]3OC(C)(C)O[C@@H]3O[C@H]2[C@@H]2COC(C)(C)O2)cc1. The fourth-order valence-corrected chi connectivity index (χ4v) is 4.10. The van der Waals surface area contributed by atoms with Gasteiger partial charge < -0.3 is 33.2 Å². The standard InChI is InChI=1S/C21H30O7/c1-19(2)23-12-15(26-19)16-21(5,17-18(25-16)28-20(3,4)27-17)24-11-13-7-9-14(22-6)10-8-13/h7-10,15-18H,11-12H2,1-6H3/t15-,16-,17+,18-,21-/m0/s1. The summed E-state index contributed by atoms with van der Waals surface area (Å²) < 4.78 is 41.9.